The van der Waals surface area contributed by atoms with Crippen molar-refractivity contribution in [3.63, 3.8) is 0 Å². The van der Waals surface area contributed by atoms with Crippen molar-refractivity contribution >= 4 is 48.8 Å². The van der Waals surface area contributed by atoms with E-state index in [1.54, 1.807) is 22.7 Å². The molecule has 0 aliphatic rings. The highest BCUT2D eigenvalue weighted by molar-refractivity contribution is 9.11. The molecule has 0 bridgehead atoms. The Bertz CT molecular complexity index is 672. The minimum absolute atomic E-state index is 0.294. The van der Waals surface area contributed by atoms with Crippen molar-refractivity contribution in [1.82, 2.24) is 10.3 Å². The van der Waals surface area contributed by atoms with Crippen LogP contribution in [-0.4, -0.2) is 11.5 Å². The number of thiazole rings is 1. The van der Waals surface area contributed by atoms with Crippen LogP contribution in [0.1, 0.15) is 22.9 Å². The van der Waals surface area contributed by atoms with Gasteiger partial charge in [-0.25, -0.2) is 4.98 Å². The predicted octanol–water partition coefficient (Wildman–Crippen LogP) is 5.01. The molecule has 1 aromatic carbocycles. The Morgan fingerprint density at radius 3 is 2.75 bits per heavy atom. The van der Waals surface area contributed by atoms with Gasteiger partial charge in [-0.3, -0.25) is 0 Å². The van der Waals surface area contributed by atoms with Gasteiger partial charge in [0.2, 0.25) is 0 Å². The van der Waals surface area contributed by atoms with Crippen LogP contribution in [0.2, 0.25) is 0 Å². The second kappa shape index (κ2) is 6.35. The van der Waals surface area contributed by atoms with Gasteiger partial charge < -0.3 is 5.32 Å². The molecule has 0 saturated carbocycles. The Morgan fingerprint density at radius 2 is 2.05 bits per heavy atom. The first-order valence-corrected chi connectivity index (χ1v) is 9.02. The SMILES string of the molecule is CCNC(Cc1ccc(Br)s1)c1nc2ccccc2s1. The van der Waals surface area contributed by atoms with Gasteiger partial charge >= 0.3 is 0 Å². The second-order valence-corrected chi connectivity index (χ2v) is 8.15. The van der Waals surface area contributed by atoms with Gasteiger partial charge in [-0.15, -0.1) is 22.7 Å². The average molecular weight is 367 g/mol. The van der Waals surface area contributed by atoms with E-state index in [0.29, 0.717) is 6.04 Å². The van der Waals surface area contributed by atoms with Crippen LogP contribution in [0, 0.1) is 0 Å². The summed E-state index contributed by atoms with van der Waals surface area (Å²) in [6.45, 7) is 3.10. The number of thiophene rings is 1. The number of nitrogens with zero attached hydrogens (tertiary/aromatic N) is 1. The number of benzene rings is 1. The number of hydrogen-bond donors (Lipinski definition) is 1. The third-order valence-corrected chi connectivity index (χ3v) is 5.89. The lowest BCUT2D eigenvalue weighted by Gasteiger charge is -2.14. The van der Waals surface area contributed by atoms with Crippen LogP contribution in [0.3, 0.4) is 0 Å². The molecule has 0 aliphatic heterocycles. The van der Waals surface area contributed by atoms with Crippen molar-refractivity contribution in [3.05, 3.63) is 50.1 Å². The van der Waals surface area contributed by atoms with Crippen LogP contribution in [-0.2, 0) is 6.42 Å². The summed E-state index contributed by atoms with van der Waals surface area (Å²) in [5, 5.41) is 4.74. The predicted molar refractivity (Wildman–Crippen MR) is 91.8 cm³/mol. The van der Waals surface area contributed by atoms with Crippen LogP contribution in [0.25, 0.3) is 10.2 Å². The van der Waals surface area contributed by atoms with Crippen molar-refractivity contribution < 1.29 is 0 Å². The summed E-state index contributed by atoms with van der Waals surface area (Å²) in [4.78, 5) is 6.16. The van der Waals surface area contributed by atoms with E-state index in [4.69, 9.17) is 4.98 Å². The number of fused-ring (bicyclic) bond motifs is 1. The lowest BCUT2D eigenvalue weighted by molar-refractivity contribution is 0.551. The van der Waals surface area contributed by atoms with Crippen molar-refractivity contribution in [2.45, 2.75) is 19.4 Å². The Kier molecular flexibility index (Phi) is 4.51. The highest BCUT2D eigenvalue weighted by Crippen LogP contribution is 2.31. The molecule has 0 aliphatic carbocycles. The van der Waals surface area contributed by atoms with Crippen LogP contribution in [0.15, 0.2) is 40.2 Å². The number of hydrogen-bond acceptors (Lipinski definition) is 4. The molecule has 0 fully saturated rings. The zero-order valence-electron chi connectivity index (χ0n) is 11.1. The third kappa shape index (κ3) is 3.11. The van der Waals surface area contributed by atoms with Crippen LogP contribution < -0.4 is 5.32 Å². The first-order chi connectivity index (χ1) is 9.76. The van der Waals surface area contributed by atoms with E-state index < -0.39 is 0 Å². The Morgan fingerprint density at radius 1 is 1.20 bits per heavy atom. The van der Waals surface area contributed by atoms with Crippen molar-refractivity contribution in [2.24, 2.45) is 0 Å². The number of aromatic nitrogens is 1. The number of para-hydroxylation sites is 1. The summed E-state index contributed by atoms with van der Waals surface area (Å²) in [7, 11) is 0. The van der Waals surface area contributed by atoms with Crippen molar-refractivity contribution in [1.29, 1.82) is 0 Å². The first kappa shape index (κ1) is 14.2. The smallest absolute Gasteiger partial charge is 0.111 e. The zero-order valence-corrected chi connectivity index (χ0v) is 14.3. The van der Waals surface area contributed by atoms with E-state index >= 15 is 0 Å². The Hall–Kier alpha value is -0.750. The summed E-state index contributed by atoms with van der Waals surface area (Å²) >= 11 is 7.12. The average Bonchev–Trinajstić information content (AvgIpc) is 3.04. The third-order valence-electron chi connectivity index (χ3n) is 3.09. The van der Waals surface area contributed by atoms with Gasteiger partial charge in [0.1, 0.15) is 5.01 Å². The van der Waals surface area contributed by atoms with E-state index in [1.807, 2.05) is 6.07 Å². The quantitative estimate of drug-likeness (QED) is 0.685. The van der Waals surface area contributed by atoms with Gasteiger partial charge in [0.15, 0.2) is 0 Å². The van der Waals surface area contributed by atoms with Gasteiger partial charge in [-0.05, 0) is 46.7 Å². The fourth-order valence-electron chi connectivity index (χ4n) is 2.19. The maximum Gasteiger partial charge on any atom is 0.111 e. The Labute approximate surface area is 135 Å². The molecule has 0 radical (unpaired) electrons. The number of nitrogens with one attached hydrogen (secondary N) is 1. The molecule has 2 aromatic heterocycles. The monoisotopic (exact) mass is 366 g/mol. The topological polar surface area (TPSA) is 24.9 Å². The van der Waals surface area contributed by atoms with Crippen LogP contribution in [0.5, 0.6) is 0 Å². The minimum atomic E-state index is 0.294. The van der Waals surface area contributed by atoms with E-state index in [9.17, 15) is 0 Å². The Balaban J connectivity index is 1.89. The standard InChI is InChI=1S/C15H15BrN2S2/c1-2-17-12(9-10-7-8-14(16)19-10)15-18-11-5-3-4-6-13(11)20-15/h3-8,12,17H,2,9H2,1H3. The van der Waals surface area contributed by atoms with Gasteiger partial charge in [-0.1, -0.05) is 19.1 Å². The normalized spacial score (nSPS) is 12.9. The molecular weight excluding hydrogens is 352 g/mol. The highest BCUT2D eigenvalue weighted by atomic mass is 79.9. The molecule has 104 valence electrons. The molecule has 3 aromatic rings. The lowest BCUT2D eigenvalue weighted by atomic mass is 10.2. The molecule has 5 heteroatoms. The van der Waals surface area contributed by atoms with Gasteiger partial charge in [0, 0.05) is 11.3 Å². The minimum Gasteiger partial charge on any atom is -0.308 e. The van der Waals surface area contributed by atoms with E-state index in [1.165, 1.54) is 18.4 Å². The van der Waals surface area contributed by atoms with Crippen LogP contribution >= 0.6 is 38.6 Å². The van der Waals surface area contributed by atoms with Gasteiger partial charge in [-0.2, -0.15) is 0 Å². The summed E-state index contributed by atoms with van der Waals surface area (Å²) < 4.78 is 2.45. The number of halogens is 1. The van der Waals surface area contributed by atoms with Crippen molar-refractivity contribution in [2.75, 3.05) is 6.54 Å². The van der Waals surface area contributed by atoms with E-state index in [2.05, 4.69) is 58.5 Å². The fourth-order valence-corrected chi connectivity index (χ4v) is 4.77. The molecule has 0 saturated heterocycles. The zero-order chi connectivity index (χ0) is 13.9. The van der Waals surface area contributed by atoms with Crippen LogP contribution in [0.4, 0.5) is 0 Å². The number of likely N-dealkylation sites (N-methyl/N-ethyl adjacent to an activating group) is 1. The molecule has 0 amide bonds. The highest BCUT2D eigenvalue weighted by Gasteiger charge is 2.16. The molecule has 1 N–H and O–H groups in total. The largest absolute Gasteiger partial charge is 0.308 e. The summed E-state index contributed by atoms with van der Waals surface area (Å²) in [6, 6.07) is 12.9. The molecule has 1 unspecified atom stereocenters. The molecule has 20 heavy (non-hydrogen) atoms. The van der Waals surface area contributed by atoms with Gasteiger partial charge in [0.05, 0.1) is 20.0 Å². The van der Waals surface area contributed by atoms with E-state index in [0.717, 1.165) is 18.5 Å². The first-order valence-electron chi connectivity index (χ1n) is 6.59. The summed E-state index contributed by atoms with van der Waals surface area (Å²) in [6.07, 6.45) is 0.990. The fraction of sp³-hybridized carbons (Fsp3) is 0.267. The molecule has 2 heterocycles. The molecule has 1 atom stereocenters. The summed E-state index contributed by atoms with van der Waals surface area (Å²) in [5.74, 6) is 0. The summed E-state index contributed by atoms with van der Waals surface area (Å²) in [5.41, 5.74) is 1.10. The number of rotatable bonds is 5. The second-order valence-electron chi connectivity index (χ2n) is 4.54. The molecule has 3 rings (SSSR count). The maximum absolute atomic E-state index is 4.78. The molecule has 0 spiro atoms. The molecule has 2 nitrogen and oxygen atoms in total. The van der Waals surface area contributed by atoms with Gasteiger partial charge in [0.25, 0.3) is 0 Å². The molecular formula is C15H15BrN2S2. The lowest BCUT2D eigenvalue weighted by Crippen LogP contribution is -2.22. The van der Waals surface area contributed by atoms with Crippen molar-refractivity contribution in [3.8, 4) is 0 Å². The van der Waals surface area contributed by atoms with E-state index in [-0.39, 0.29) is 0 Å². The maximum atomic E-state index is 4.78.